The molecule has 0 bridgehead atoms. The highest BCUT2D eigenvalue weighted by Gasteiger charge is 2.19. The summed E-state index contributed by atoms with van der Waals surface area (Å²) in [6, 6.07) is 2.25. The summed E-state index contributed by atoms with van der Waals surface area (Å²) in [5.74, 6) is 3.02. The van der Waals surface area contributed by atoms with Gasteiger partial charge in [0.1, 0.15) is 0 Å². The van der Waals surface area contributed by atoms with Gasteiger partial charge in [-0.2, -0.15) is 11.8 Å². The Morgan fingerprint density at radius 2 is 2.29 bits per heavy atom. The summed E-state index contributed by atoms with van der Waals surface area (Å²) < 4.78 is 0. The van der Waals surface area contributed by atoms with Gasteiger partial charge in [-0.1, -0.05) is 26.7 Å². The Hall–Kier alpha value is 0.01000. The quantitative estimate of drug-likeness (QED) is 0.856. The molecule has 2 rings (SSSR count). The molecular weight excluding hydrogens is 248 g/mol. The van der Waals surface area contributed by atoms with Gasteiger partial charge < -0.3 is 5.11 Å². The van der Waals surface area contributed by atoms with E-state index in [-0.39, 0.29) is 6.10 Å². The summed E-state index contributed by atoms with van der Waals surface area (Å²) in [6.07, 6.45) is 4.31. The molecule has 0 aromatic carbocycles. The van der Waals surface area contributed by atoms with E-state index in [0.717, 1.165) is 12.2 Å². The fourth-order valence-corrected chi connectivity index (χ4v) is 4.82. The molecule has 1 aromatic rings. The first-order valence-corrected chi connectivity index (χ1v) is 8.55. The van der Waals surface area contributed by atoms with Crippen LogP contribution in [0, 0.1) is 5.92 Å². The Morgan fingerprint density at radius 3 is 3.00 bits per heavy atom. The average molecular weight is 270 g/mol. The third-order valence-corrected chi connectivity index (χ3v) is 5.73. The van der Waals surface area contributed by atoms with Gasteiger partial charge in [0.15, 0.2) is 0 Å². The Bertz CT molecular complexity index is 336. The van der Waals surface area contributed by atoms with Gasteiger partial charge in [-0.15, -0.1) is 11.3 Å². The predicted molar refractivity (Wildman–Crippen MR) is 77.8 cm³/mol. The van der Waals surface area contributed by atoms with Crippen molar-refractivity contribution in [1.29, 1.82) is 0 Å². The van der Waals surface area contributed by atoms with Crippen LogP contribution in [0.1, 0.15) is 54.5 Å². The van der Waals surface area contributed by atoms with Gasteiger partial charge in [-0.25, -0.2) is 0 Å². The maximum atomic E-state index is 10.3. The summed E-state index contributed by atoms with van der Waals surface area (Å²) in [5.41, 5.74) is 1.48. The van der Waals surface area contributed by atoms with E-state index in [1.54, 1.807) is 0 Å². The SMILES string of the molecule is CCCC(C)CC(O)c1cc2c(s1)CCSC2. The molecule has 1 aliphatic rings. The zero-order valence-electron chi connectivity index (χ0n) is 10.7. The standard InChI is InChI=1S/C14H22OS2/c1-3-4-10(2)7-12(15)14-8-11-9-16-6-5-13(11)17-14/h8,10,12,15H,3-7,9H2,1-2H3. The highest BCUT2D eigenvalue weighted by Crippen LogP contribution is 2.36. The smallest absolute Gasteiger partial charge is 0.0884 e. The molecule has 1 N–H and O–H groups in total. The maximum Gasteiger partial charge on any atom is 0.0884 e. The van der Waals surface area contributed by atoms with Gasteiger partial charge in [0.25, 0.3) is 0 Å². The number of fused-ring (bicyclic) bond motifs is 1. The molecule has 1 aliphatic heterocycles. The second-order valence-electron chi connectivity index (χ2n) is 5.05. The molecule has 0 fully saturated rings. The van der Waals surface area contributed by atoms with Crippen molar-refractivity contribution in [2.75, 3.05) is 5.75 Å². The molecule has 96 valence electrons. The third-order valence-electron chi connectivity index (χ3n) is 3.38. The molecule has 2 unspecified atom stereocenters. The van der Waals surface area contributed by atoms with Crippen LogP contribution in [0.2, 0.25) is 0 Å². The van der Waals surface area contributed by atoms with E-state index in [9.17, 15) is 5.11 Å². The third kappa shape index (κ3) is 3.49. The number of thioether (sulfide) groups is 1. The van der Waals surface area contributed by atoms with Crippen LogP contribution in [0.3, 0.4) is 0 Å². The number of hydrogen-bond acceptors (Lipinski definition) is 3. The van der Waals surface area contributed by atoms with Crippen LogP contribution < -0.4 is 0 Å². The molecular formula is C14H22OS2. The number of hydrogen-bond donors (Lipinski definition) is 1. The van der Waals surface area contributed by atoms with Crippen molar-refractivity contribution >= 4 is 23.1 Å². The fraction of sp³-hybridized carbons (Fsp3) is 0.714. The van der Waals surface area contributed by atoms with E-state index in [4.69, 9.17) is 0 Å². The number of aryl methyl sites for hydroxylation is 1. The number of aliphatic hydroxyl groups excluding tert-OH is 1. The molecule has 1 nitrogen and oxygen atoms in total. The second kappa shape index (κ2) is 6.26. The van der Waals surface area contributed by atoms with Crippen LogP contribution in [0.4, 0.5) is 0 Å². The second-order valence-corrected chi connectivity index (χ2v) is 7.32. The van der Waals surface area contributed by atoms with Gasteiger partial charge >= 0.3 is 0 Å². The van der Waals surface area contributed by atoms with E-state index in [2.05, 4.69) is 19.9 Å². The number of thiophene rings is 1. The number of aliphatic hydroxyl groups is 1. The molecule has 1 aromatic heterocycles. The molecule has 0 spiro atoms. The summed E-state index contributed by atoms with van der Waals surface area (Å²) >= 11 is 3.85. The summed E-state index contributed by atoms with van der Waals surface area (Å²) in [4.78, 5) is 2.71. The minimum absolute atomic E-state index is 0.239. The van der Waals surface area contributed by atoms with E-state index in [1.165, 1.54) is 40.3 Å². The molecule has 0 amide bonds. The molecule has 2 atom stereocenters. The fourth-order valence-electron chi connectivity index (χ4n) is 2.44. The van der Waals surface area contributed by atoms with Gasteiger partial charge in [0.2, 0.25) is 0 Å². The molecule has 2 heterocycles. The molecule has 17 heavy (non-hydrogen) atoms. The summed E-state index contributed by atoms with van der Waals surface area (Å²) in [7, 11) is 0. The largest absolute Gasteiger partial charge is 0.388 e. The predicted octanol–water partition coefficient (Wildman–Crippen LogP) is 4.40. The lowest BCUT2D eigenvalue weighted by atomic mass is 9.98. The first kappa shape index (κ1) is 13.4. The van der Waals surface area contributed by atoms with Crippen molar-refractivity contribution in [2.24, 2.45) is 5.92 Å². The van der Waals surface area contributed by atoms with Crippen LogP contribution in [0.25, 0.3) is 0 Å². The minimum atomic E-state index is -0.239. The van der Waals surface area contributed by atoms with Crippen molar-refractivity contribution in [3.63, 3.8) is 0 Å². The van der Waals surface area contributed by atoms with E-state index >= 15 is 0 Å². The van der Waals surface area contributed by atoms with Crippen molar-refractivity contribution in [3.8, 4) is 0 Å². The van der Waals surface area contributed by atoms with E-state index in [1.807, 2.05) is 23.1 Å². The molecule has 0 saturated carbocycles. The zero-order chi connectivity index (χ0) is 12.3. The summed E-state index contributed by atoms with van der Waals surface area (Å²) in [5, 5.41) is 10.3. The minimum Gasteiger partial charge on any atom is -0.388 e. The topological polar surface area (TPSA) is 20.2 Å². The van der Waals surface area contributed by atoms with Crippen molar-refractivity contribution in [1.82, 2.24) is 0 Å². The Labute approximate surface area is 113 Å². The van der Waals surface area contributed by atoms with Gasteiger partial charge in [-0.05, 0) is 36.1 Å². The van der Waals surface area contributed by atoms with Crippen molar-refractivity contribution in [3.05, 3.63) is 21.4 Å². The average Bonchev–Trinajstić information content (AvgIpc) is 2.72. The van der Waals surface area contributed by atoms with Gasteiger partial charge in [-0.3, -0.25) is 0 Å². The lowest BCUT2D eigenvalue weighted by Gasteiger charge is -2.14. The Morgan fingerprint density at radius 1 is 1.47 bits per heavy atom. The molecule has 3 heteroatoms. The Balaban J connectivity index is 1.99. The first-order chi connectivity index (χ1) is 8.20. The van der Waals surface area contributed by atoms with E-state index in [0.29, 0.717) is 5.92 Å². The highest BCUT2D eigenvalue weighted by molar-refractivity contribution is 7.98. The number of rotatable bonds is 5. The monoisotopic (exact) mass is 270 g/mol. The Kier molecular flexibility index (Phi) is 4.95. The van der Waals surface area contributed by atoms with Crippen LogP contribution >= 0.6 is 23.1 Å². The lowest BCUT2D eigenvalue weighted by Crippen LogP contribution is -2.02. The van der Waals surface area contributed by atoms with Gasteiger partial charge in [0, 0.05) is 15.5 Å². The molecule has 0 radical (unpaired) electrons. The molecule has 0 saturated heterocycles. The van der Waals surface area contributed by atoms with Gasteiger partial charge in [0.05, 0.1) is 6.10 Å². The summed E-state index contributed by atoms with van der Waals surface area (Å²) in [6.45, 7) is 4.46. The maximum absolute atomic E-state index is 10.3. The molecule has 0 aliphatic carbocycles. The highest BCUT2D eigenvalue weighted by atomic mass is 32.2. The van der Waals surface area contributed by atoms with Crippen molar-refractivity contribution < 1.29 is 5.11 Å². The van der Waals surface area contributed by atoms with Crippen molar-refractivity contribution in [2.45, 2.75) is 51.4 Å². The van der Waals surface area contributed by atoms with Crippen LogP contribution in [-0.2, 0) is 12.2 Å². The zero-order valence-corrected chi connectivity index (χ0v) is 12.4. The first-order valence-electron chi connectivity index (χ1n) is 6.58. The van der Waals surface area contributed by atoms with E-state index < -0.39 is 0 Å². The van der Waals surface area contributed by atoms with Crippen LogP contribution in [0.15, 0.2) is 6.07 Å². The van der Waals surface area contributed by atoms with Crippen LogP contribution in [0.5, 0.6) is 0 Å². The van der Waals surface area contributed by atoms with Crippen LogP contribution in [-0.4, -0.2) is 10.9 Å². The normalized spacial score (nSPS) is 18.8. The lowest BCUT2D eigenvalue weighted by molar-refractivity contribution is 0.148.